The number of guanidine groups is 1. The summed E-state index contributed by atoms with van der Waals surface area (Å²) in [6, 6.07) is 0. The molecule has 0 radical (unpaired) electrons. The van der Waals surface area contributed by atoms with Crippen molar-refractivity contribution in [3.63, 3.8) is 0 Å². The maximum atomic E-state index is 12.3. The molecule has 6 nitrogen and oxygen atoms in total. The number of carbonyl (C=O) groups excluding carboxylic acids is 1. The van der Waals surface area contributed by atoms with Crippen LogP contribution in [0.2, 0.25) is 0 Å². The lowest BCUT2D eigenvalue weighted by atomic mass is 9.67. The van der Waals surface area contributed by atoms with E-state index in [1.165, 1.54) is 25.7 Å². The molecule has 1 aliphatic carbocycles. The van der Waals surface area contributed by atoms with Gasteiger partial charge in [-0.2, -0.15) is 0 Å². The van der Waals surface area contributed by atoms with Crippen LogP contribution in [0, 0.1) is 11.3 Å². The Balaban J connectivity index is 0.00000364. The lowest BCUT2D eigenvalue weighted by molar-refractivity contribution is 0.0168. The van der Waals surface area contributed by atoms with Gasteiger partial charge in [0.05, 0.1) is 0 Å². The molecular formula is C20H39IN4O2. The molecule has 2 N–H and O–H groups in total. The summed E-state index contributed by atoms with van der Waals surface area (Å²) in [5.74, 6) is 1.30. The van der Waals surface area contributed by atoms with Crippen molar-refractivity contribution in [2.24, 2.45) is 16.3 Å². The van der Waals surface area contributed by atoms with Gasteiger partial charge in [0, 0.05) is 33.2 Å². The van der Waals surface area contributed by atoms with Crippen LogP contribution in [0.15, 0.2) is 4.99 Å². The largest absolute Gasteiger partial charge is 0.444 e. The second kappa shape index (κ2) is 10.7. The van der Waals surface area contributed by atoms with Gasteiger partial charge in [-0.1, -0.05) is 13.3 Å². The highest BCUT2D eigenvalue weighted by Crippen LogP contribution is 2.42. The predicted octanol–water partition coefficient (Wildman–Crippen LogP) is 4.00. The third-order valence-electron chi connectivity index (χ3n) is 5.75. The number of rotatable bonds is 5. The topological polar surface area (TPSA) is 66.0 Å². The van der Waals surface area contributed by atoms with Crippen molar-refractivity contribution >= 4 is 36.0 Å². The maximum Gasteiger partial charge on any atom is 0.410 e. The van der Waals surface area contributed by atoms with E-state index in [0.29, 0.717) is 11.3 Å². The molecule has 2 fully saturated rings. The van der Waals surface area contributed by atoms with Crippen LogP contribution in [0.3, 0.4) is 0 Å². The Bertz CT molecular complexity index is 495. The highest BCUT2D eigenvalue weighted by atomic mass is 127. The molecule has 1 saturated carbocycles. The first-order valence-corrected chi connectivity index (χ1v) is 10.2. The van der Waals surface area contributed by atoms with Gasteiger partial charge in [0.25, 0.3) is 0 Å². The molecular weight excluding hydrogens is 455 g/mol. The Morgan fingerprint density at radius 3 is 2.48 bits per heavy atom. The standard InChI is InChI=1S/C20H38N4O2.HI/c1-6-20(10-8-11-20)15-23-17(21-5)22-13-16-9-7-12-24(14-16)18(25)26-19(2,3)4;/h16H,6-15H2,1-5H3,(H2,21,22,23);1H. The van der Waals surface area contributed by atoms with Crippen molar-refractivity contribution in [3.8, 4) is 0 Å². The molecule has 0 aromatic heterocycles. The minimum absolute atomic E-state index is 0. The van der Waals surface area contributed by atoms with E-state index in [0.717, 1.165) is 45.0 Å². The molecule has 1 unspecified atom stereocenters. The number of nitrogens with one attached hydrogen (secondary N) is 2. The van der Waals surface area contributed by atoms with Gasteiger partial charge in [-0.3, -0.25) is 4.99 Å². The molecule has 2 rings (SSSR count). The number of likely N-dealkylation sites (tertiary alicyclic amines) is 1. The fourth-order valence-corrected chi connectivity index (χ4v) is 3.79. The average Bonchev–Trinajstić information content (AvgIpc) is 2.55. The number of amides is 1. The molecule has 1 aliphatic heterocycles. The molecule has 27 heavy (non-hydrogen) atoms. The van der Waals surface area contributed by atoms with Crippen LogP contribution in [-0.4, -0.2) is 55.8 Å². The summed E-state index contributed by atoms with van der Waals surface area (Å²) in [4.78, 5) is 18.5. The monoisotopic (exact) mass is 494 g/mol. The van der Waals surface area contributed by atoms with Gasteiger partial charge in [-0.05, 0) is 64.2 Å². The van der Waals surface area contributed by atoms with Crippen molar-refractivity contribution in [1.82, 2.24) is 15.5 Å². The molecule has 1 amide bonds. The van der Waals surface area contributed by atoms with E-state index in [-0.39, 0.29) is 30.1 Å². The summed E-state index contributed by atoms with van der Waals surface area (Å²) in [6.45, 7) is 11.4. The van der Waals surface area contributed by atoms with Gasteiger partial charge < -0.3 is 20.3 Å². The summed E-state index contributed by atoms with van der Waals surface area (Å²) >= 11 is 0. The molecule has 0 aromatic rings. The Labute approximate surface area is 182 Å². The zero-order valence-electron chi connectivity index (χ0n) is 17.8. The van der Waals surface area contributed by atoms with E-state index in [4.69, 9.17) is 4.74 Å². The number of ether oxygens (including phenoxy) is 1. The second-order valence-electron chi connectivity index (χ2n) is 8.95. The van der Waals surface area contributed by atoms with Gasteiger partial charge in [0.2, 0.25) is 0 Å². The minimum Gasteiger partial charge on any atom is -0.444 e. The van der Waals surface area contributed by atoms with E-state index in [1.54, 1.807) is 0 Å². The summed E-state index contributed by atoms with van der Waals surface area (Å²) in [6.07, 6.45) is 7.18. The summed E-state index contributed by atoms with van der Waals surface area (Å²) < 4.78 is 5.51. The highest BCUT2D eigenvalue weighted by molar-refractivity contribution is 14.0. The number of nitrogens with zero attached hydrogens (tertiary/aromatic N) is 2. The molecule has 7 heteroatoms. The third-order valence-corrected chi connectivity index (χ3v) is 5.75. The number of carbonyl (C=O) groups is 1. The highest BCUT2D eigenvalue weighted by Gasteiger charge is 2.35. The molecule has 1 saturated heterocycles. The van der Waals surface area contributed by atoms with Crippen LogP contribution >= 0.6 is 24.0 Å². The van der Waals surface area contributed by atoms with Crippen LogP contribution in [-0.2, 0) is 4.74 Å². The first-order valence-electron chi connectivity index (χ1n) is 10.2. The van der Waals surface area contributed by atoms with E-state index in [1.807, 2.05) is 32.7 Å². The Morgan fingerprint density at radius 2 is 1.96 bits per heavy atom. The molecule has 1 atom stereocenters. The zero-order valence-corrected chi connectivity index (χ0v) is 20.1. The Morgan fingerprint density at radius 1 is 1.26 bits per heavy atom. The average molecular weight is 494 g/mol. The molecule has 0 aromatic carbocycles. The van der Waals surface area contributed by atoms with Gasteiger partial charge in [-0.15, -0.1) is 24.0 Å². The van der Waals surface area contributed by atoms with Crippen LogP contribution in [0.4, 0.5) is 4.79 Å². The number of halogens is 1. The fourth-order valence-electron chi connectivity index (χ4n) is 3.79. The summed E-state index contributed by atoms with van der Waals surface area (Å²) in [5, 5.41) is 6.95. The van der Waals surface area contributed by atoms with Crippen molar-refractivity contribution < 1.29 is 9.53 Å². The smallest absolute Gasteiger partial charge is 0.410 e. The van der Waals surface area contributed by atoms with Crippen LogP contribution < -0.4 is 10.6 Å². The molecule has 0 spiro atoms. The summed E-state index contributed by atoms with van der Waals surface area (Å²) in [5.41, 5.74) is 0.0287. The van der Waals surface area contributed by atoms with E-state index in [2.05, 4.69) is 22.5 Å². The summed E-state index contributed by atoms with van der Waals surface area (Å²) in [7, 11) is 1.82. The van der Waals surface area contributed by atoms with Crippen LogP contribution in [0.5, 0.6) is 0 Å². The first kappa shape index (κ1) is 24.3. The van der Waals surface area contributed by atoms with Crippen molar-refractivity contribution in [2.75, 3.05) is 33.2 Å². The SMILES string of the molecule is CCC1(CNC(=NC)NCC2CCCN(C(=O)OC(C)(C)C)C2)CCC1.I. The van der Waals surface area contributed by atoms with Crippen LogP contribution in [0.1, 0.15) is 66.2 Å². The van der Waals surface area contributed by atoms with Crippen LogP contribution in [0.25, 0.3) is 0 Å². The lowest BCUT2D eigenvalue weighted by Crippen LogP contribution is -2.49. The zero-order chi connectivity index (χ0) is 19.2. The Kier molecular flexibility index (Phi) is 9.65. The molecule has 2 aliphatic rings. The van der Waals surface area contributed by atoms with Crippen molar-refractivity contribution in [1.29, 1.82) is 0 Å². The van der Waals surface area contributed by atoms with Gasteiger partial charge in [0.1, 0.15) is 5.60 Å². The normalized spacial score (nSPS) is 22.3. The fraction of sp³-hybridized carbons (Fsp3) is 0.900. The Hall–Kier alpha value is -0.730. The third kappa shape index (κ3) is 7.66. The van der Waals surface area contributed by atoms with E-state index >= 15 is 0 Å². The lowest BCUT2D eigenvalue weighted by Gasteiger charge is -2.41. The number of hydrogen-bond acceptors (Lipinski definition) is 3. The van der Waals surface area contributed by atoms with Crippen molar-refractivity contribution in [3.05, 3.63) is 0 Å². The number of hydrogen-bond donors (Lipinski definition) is 2. The number of piperidine rings is 1. The molecule has 0 bridgehead atoms. The predicted molar refractivity (Wildman–Crippen MR) is 122 cm³/mol. The molecule has 1 heterocycles. The first-order chi connectivity index (χ1) is 12.3. The number of aliphatic imine (C=N–C) groups is 1. The minimum atomic E-state index is -0.439. The van der Waals surface area contributed by atoms with E-state index in [9.17, 15) is 4.79 Å². The van der Waals surface area contributed by atoms with Gasteiger partial charge in [0.15, 0.2) is 5.96 Å². The second-order valence-corrected chi connectivity index (χ2v) is 8.95. The quantitative estimate of drug-likeness (QED) is 0.345. The maximum absolute atomic E-state index is 12.3. The molecule has 158 valence electrons. The van der Waals surface area contributed by atoms with E-state index < -0.39 is 5.60 Å². The van der Waals surface area contributed by atoms with Crippen molar-refractivity contribution in [2.45, 2.75) is 71.8 Å². The van der Waals surface area contributed by atoms with Gasteiger partial charge in [-0.25, -0.2) is 4.79 Å². The van der Waals surface area contributed by atoms with Gasteiger partial charge >= 0.3 is 6.09 Å².